The number of ether oxygens (including phenoxy) is 1. The highest BCUT2D eigenvalue weighted by Gasteiger charge is 2.11. The Kier molecular flexibility index (Phi) is 2.95. The zero-order chi connectivity index (χ0) is 14.1. The van der Waals surface area contributed by atoms with Crippen molar-refractivity contribution in [2.24, 2.45) is 0 Å². The van der Waals surface area contributed by atoms with Crippen LogP contribution in [0.3, 0.4) is 0 Å². The number of hydrogen-bond acceptors (Lipinski definition) is 4. The van der Waals surface area contributed by atoms with E-state index < -0.39 is 0 Å². The third kappa shape index (κ3) is 1.93. The van der Waals surface area contributed by atoms with Crippen LogP contribution in [0.15, 0.2) is 41.6 Å². The van der Waals surface area contributed by atoms with Crippen LogP contribution < -0.4 is 10.3 Å². The van der Waals surface area contributed by atoms with E-state index in [1.54, 1.807) is 13.3 Å². The van der Waals surface area contributed by atoms with E-state index in [0.717, 1.165) is 16.8 Å². The Morgan fingerprint density at radius 3 is 2.85 bits per heavy atom. The lowest BCUT2D eigenvalue weighted by Gasteiger charge is -2.09. The van der Waals surface area contributed by atoms with E-state index >= 15 is 0 Å². The summed E-state index contributed by atoms with van der Waals surface area (Å²) in [6, 6.07) is 7.52. The average molecular weight is 267 g/mol. The Morgan fingerprint density at radius 2 is 2.10 bits per heavy atom. The van der Waals surface area contributed by atoms with Gasteiger partial charge >= 0.3 is 0 Å². The van der Waals surface area contributed by atoms with Gasteiger partial charge in [0, 0.05) is 17.5 Å². The number of nitrogens with zero attached hydrogens (tertiary/aromatic N) is 2. The Bertz CT molecular complexity index is 840. The number of H-pyrrole nitrogens is 1. The maximum Gasteiger partial charge on any atom is 0.258 e. The lowest BCUT2D eigenvalue weighted by Crippen LogP contribution is -2.07. The lowest BCUT2D eigenvalue weighted by molar-refractivity contribution is 0.419. The molecule has 0 atom stereocenters. The topological polar surface area (TPSA) is 67.9 Å². The molecule has 0 aliphatic carbocycles. The minimum atomic E-state index is -0.184. The van der Waals surface area contributed by atoms with Crippen LogP contribution in [0.5, 0.6) is 5.75 Å². The van der Waals surface area contributed by atoms with Gasteiger partial charge in [0.1, 0.15) is 11.3 Å². The standard InChI is InChI=1S/C15H13N3O2/c1-9-11(4-3-5-16-9)10-6-12-14(13(7-10)20-2)17-8-18-15(12)19/h3-8H,1-2H3,(H,17,18,19). The predicted octanol–water partition coefficient (Wildman–Crippen LogP) is 2.30. The van der Waals surface area contributed by atoms with Crippen LogP contribution in [0.25, 0.3) is 22.0 Å². The molecule has 0 aliphatic rings. The summed E-state index contributed by atoms with van der Waals surface area (Å²) in [5.41, 5.74) is 3.13. The van der Waals surface area contributed by atoms with Crippen molar-refractivity contribution in [2.75, 3.05) is 7.11 Å². The van der Waals surface area contributed by atoms with Gasteiger partial charge in [-0.3, -0.25) is 9.78 Å². The Labute approximate surface area is 115 Å². The summed E-state index contributed by atoms with van der Waals surface area (Å²) >= 11 is 0. The molecule has 3 rings (SSSR count). The second kappa shape index (κ2) is 4.77. The predicted molar refractivity (Wildman–Crippen MR) is 76.9 cm³/mol. The van der Waals surface area contributed by atoms with Gasteiger partial charge in [0.05, 0.1) is 18.8 Å². The lowest BCUT2D eigenvalue weighted by atomic mass is 10.0. The maximum absolute atomic E-state index is 11.9. The smallest absolute Gasteiger partial charge is 0.258 e. The van der Waals surface area contributed by atoms with Crippen LogP contribution in [0.2, 0.25) is 0 Å². The van der Waals surface area contributed by atoms with Crippen LogP contribution >= 0.6 is 0 Å². The second-order valence-electron chi connectivity index (χ2n) is 4.44. The van der Waals surface area contributed by atoms with E-state index in [1.165, 1.54) is 6.33 Å². The molecule has 0 saturated heterocycles. The van der Waals surface area contributed by atoms with E-state index in [1.807, 2.05) is 31.2 Å². The highest BCUT2D eigenvalue weighted by molar-refractivity contribution is 5.89. The third-order valence-electron chi connectivity index (χ3n) is 3.25. The first kappa shape index (κ1) is 12.3. The Balaban J connectivity index is 2.36. The minimum absolute atomic E-state index is 0.184. The molecule has 0 radical (unpaired) electrons. The zero-order valence-electron chi connectivity index (χ0n) is 11.2. The summed E-state index contributed by atoms with van der Waals surface area (Å²) in [5, 5.41) is 0.505. The highest BCUT2D eigenvalue weighted by Crippen LogP contribution is 2.30. The summed E-state index contributed by atoms with van der Waals surface area (Å²) in [7, 11) is 1.57. The van der Waals surface area contributed by atoms with Gasteiger partial charge in [0.15, 0.2) is 0 Å². The monoisotopic (exact) mass is 267 g/mol. The number of benzene rings is 1. The summed E-state index contributed by atoms with van der Waals surface area (Å²) in [5.74, 6) is 0.576. The summed E-state index contributed by atoms with van der Waals surface area (Å²) < 4.78 is 5.35. The molecule has 1 N–H and O–H groups in total. The van der Waals surface area contributed by atoms with Crippen molar-refractivity contribution in [3.05, 3.63) is 52.8 Å². The van der Waals surface area contributed by atoms with Gasteiger partial charge in [-0.25, -0.2) is 4.98 Å². The molecule has 5 heteroatoms. The average Bonchev–Trinajstić information content (AvgIpc) is 2.47. The van der Waals surface area contributed by atoms with Crippen LogP contribution in [0.4, 0.5) is 0 Å². The van der Waals surface area contributed by atoms with E-state index in [-0.39, 0.29) is 5.56 Å². The van der Waals surface area contributed by atoms with Crippen molar-refractivity contribution in [3.63, 3.8) is 0 Å². The van der Waals surface area contributed by atoms with Crippen molar-refractivity contribution < 1.29 is 4.74 Å². The van der Waals surface area contributed by atoms with Gasteiger partial charge in [0.25, 0.3) is 5.56 Å². The molecule has 0 spiro atoms. The van der Waals surface area contributed by atoms with Crippen molar-refractivity contribution in [2.45, 2.75) is 6.92 Å². The van der Waals surface area contributed by atoms with Crippen LogP contribution in [0, 0.1) is 6.92 Å². The van der Waals surface area contributed by atoms with Crippen LogP contribution in [0.1, 0.15) is 5.69 Å². The second-order valence-corrected chi connectivity index (χ2v) is 4.44. The molecule has 5 nitrogen and oxygen atoms in total. The van der Waals surface area contributed by atoms with E-state index in [2.05, 4.69) is 15.0 Å². The number of aromatic amines is 1. The number of methoxy groups -OCH3 is 1. The normalized spacial score (nSPS) is 10.7. The first-order valence-electron chi connectivity index (χ1n) is 6.18. The number of nitrogens with one attached hydrogen (secondary N) is 1. The van der Waals surface area contributed by atoms with Crippen molar-refractivity contribution in [1.29, 1.82) is 0 Å². The van der Waals surface area contributed by atoms with Gasteiger partial charge in [-0.1, -0.05) is 6.07 Å². The molecule has 0 fully saturated rings. The fourth-order valence-electron chi connectivity index (χ4n) is 2.25. The van der Waals surface area contributed by atoms with Crippen molar-refractivity contribution >= 4 is 10.9 Å². The number of aryl methyl sites for hydroxylation is 1. The van der Waals surface area contributed by atoms with Crippen LogP contribution in [-0.2, 0) is 0 Å². The van der Waals surface area contributed by atoms with Crippen LogP contribution in [-0.4, -0.2) is 22.1 Å². The van der Waals surface area contributed by atoms with Crippen molar-refractivity contribution in [1.82, 2.24) is 15.0 Å². The summed E-state index contributed by atoms with van der Waals surface area (Å²) in [6.45, 7) is 1.93. The van der Waals surface area contributed by atoms with Gasteiger partial charge < -0.3 is 9.72 Å². The highest BCUT2D eigenvalue weighted by atomic mass is 16.5. The molecule has 0 aliphatic heterocycles. The molecule has 100 valence electrons. The summed E-state index contributed by atoms with van der Waals surface area (Å²) in [4.78, 5) is 23.0. The Hall–Kier alpha value is -2.69. The number of hydrogen-bond donors (Lipinski definition) is 1. The fraction of sp³-hybridized carbons (Fsp3) is 0.133. The largest absolute Gasteiger partial charge is 0.494 e. The number of pyridine rings is 1. The molecule has 2 heterocycles. The quantitative estimate of drug-likeness (QED) is 0.773. The first-order valence-corrected chi connectivity index (χ1v) is 6.18. The molecular formula is C15H13N3O2. The van der Waals surface area contributed by atoms with E-state index in [9.17, 15) is 4.79 Å². The fourth-order valence-corrected chi connectivity index (χ4v) is 2.25. The van der Waals surface area contributed by atoms with Gasteiger partial charge in [-0.15, -0.1) is 0 Å². The molecule has 20 heavy (non-hydrogen) atoms. The Morgan fingerprint density at radius 1 is 1.25 bits per heavy atom. The van der Waals surface area contributed by atoms with Gasteiger partial charge in [-0.05, 0) is 30.7 Å². The van der Waals surface area contributed by atoms with Gasteiger partial charge in [-0.2, -0.15) is 0 Å². The third-order valence-corrected chi connectivity index (χ3v) is 3.25. The number of rotatable bonds is 2. The molecular weight excluding hydrogens is 254 g/mol. The molecule has 0 amide bonds. The molecule has 2 aromatic heterocycles. The number of aromatic nitrogens is 3. The number of fused-ring (bicyclic) bond motifs is 1. The minimum Gasteiger partial charge on any atom is -0.494 e. The molecule has 0 saturated carbocycles. The van der Waals surface area contributed by atoms with E-state index in [4.69, 9.17) is 4.74 Å². The molecule has 3 aromatic rings. The maximum atomic E-state index is 11.9. The molecule has 1 aromatic carbocycles. The van der Waals surface area contributed by atoms with Crippen molar-refractivity contribution in [3.8, 4) is 16.9 Å². The van der Waals surface area contributed by atoms with E-state index in [0.29, 0.717) is 16.7 Å². The summed E-state index contributed by atoms with van der Waals surface area (Å²) in [6.07, 6.45) is 3.12. The molecule has 0 unspecified atom stereocenters. The SMILES string of the molecule is COc1cc(-c2cccnc2C)cc2c(=O)[nH]cnc12. The van der Waals surface area contributed by atoms with Gasteiger partial charge in [0.2, 0.25) is 0 Å². The first-order chi connectivity index (χ1) is 9.70. The zero-order valence-corrected chi connectivity index (χ0v) is 11.2. The molecule has 0 bridgehead atoms.